The quantitative estimate of drug-likeness (QED) is 0.898. The van der Waals surface area contributed by atoms with Gasteiger partial charge in [-0.15, -0.1) is 0 Å². The highest BCUT2D eigenvalue weighted by atomic mass is 35.5. The van der Waals surface area contributed by atoms with E-state index in [0.717, 1.165) is 17.6 Å². The van der Waals surface area contributed by atoms with Gasteiger partial charge in [0.1, 0.15) is 0 Å². The normalized spacial score (nSPS) is 23.5. The van der Waals surface area contributed by atoms with Gasteiger partial charge in [-0.05, 0) is 43.6 Å². The van der Waals surface area contributed by atoms with Crippen LogP contribution in [0.15, 0.2) is 24.3 Å². The van der Waals surface area contributed by atoms with E-state index in [4.69, 9.17) is 11.6 Å². The van der Waals surface area contributed by atoms with Gasteiger partial charge >= 0.3 is 0 Å². The fourth-order valence-corrected chi connectivity index (χ4v) is 3.69. The van der Waals surface area contributed by atoms with Crippen LogP contribution >= 0.6 is 11.6 Å². The SMILES string of the molecule is C[NH+]1CCN(C2CCN(Cc3ccc(Cl)cc3)CC2)CC1. The Morgan fingerprint density at radius 1 is 1.05 bits per heavy atom. The summed E-state index contributed by atoms with van der Waals surface area (Å²) in [5.74, 6) is 0. The van der Waals surface area contributed by atoms with Gasteiger partial charge in [-0.2, -0.15) is 0 Å². The third kappa shape index (κ3) is 4.19. The standard InChI is InChI=1S/C17H26ClN3/c1-19-10-12-21(13-11-19)17-6-8-20(9-7-17)14-15-2-4-16(18)5-3-15/h2-5,17H,6-14H2,1H3/p+1. The van der Waals surface area contributed by atoms with Gasteiger partial charge in [0.15, 0.2) is 0 Å². The Labute approximate surface area is 133 Å². The second kappa shape index (κ2) is 7.10. The number of piperidine rings is 1. The fraction of sp³-hybridized carbons (Fsp3) is 0.647. The van der Waals surface area contributed by atoms with Gasteiger partial charge < -0.3 is 4.90 Å². The van der Waals surface area contributed by atoms with Gasteiger partial charge in [0, 0.05) is 30.7 Å². The molecule has 2 aliphatic heterocycles. The summed E-state index contributed by atoms with van der Waals surface area (Å²) >= 11 is 5.95. The molecule has 21 heavy (non-hydrogen) atoms. The molecule has 0 bridgehead atoms. The molecule has 2 heterocycles. The second-order valence-electron chi connectivity index (χ2n) is 6.63. The number of quaternary nitrogens is 1. The predicted octanol–water partition coefficient (Wildman–Crippen LogP) is 1.13. The number of hydrogen-bond acceptors (Lipinski definition) is 2. The average Bonchev–Trinajstić information content (AvgIpc) is 2.51. The Morgan fingerprint density at radius 3 is 2.29 bits per heavy atom. The van der Waals surface area contributed by atoms with Crippen LogP contribution in [-0.4, -0.2) is 62.2 Å². The maximum Gasteiger partial charge on any atom is 0.0898 e. The first-order valence-corrected chi connectivity index (χ1v) is 8.60. The van der Waals surface area contributed by atoms with Crippen molar-refractivity contribution in [3.63, 3.8) is 0 Å². The predicted molar refractivity (Wildman–Crippen MR) is 87.9 cm³/mol. The molecule has 0 aromatic heterocycles. The highest BCUT2D eigenvalue weighted by molar-refractivity contribution is 6.30. The zero-order valence-electron chi connectivity index (χ0n) is 13.0. The Bertz CT molecular complexity index is 432. The molecular formula is C17H27ClN3+. The largest absolute Gasteiger partial charge is 0.335 e. The van der Waals surface area contributed by atoms with Crippen LogP contribution < -0.4 is 4.90 Å². The zero-order chi connectivity index (χ0) is 14.7. The lowest BCUT2D eigenvalue weighted by Gasteiger charge is -2.40. The maximum atomic E-state index is 5.95. The summed E-state index contributed by atoms with van der Waals surface area (Å²) < 4.78 is 0. The van der Waals surface area contributed by atoms with Crippen LogP contribution in [0.25, 0.3) is 0 Å². The van der Waals surface area contributed by atoms with Gasteiger partial charge in [0.05, 0.1) is 20.1 Å². The number of nitrogens with zero attached hydrogens (tertiary/aromatic N) is 2. The van der Waals surface area contributed by atoms with Crippen LogP contribution in [-0.2, 0) is 6.54 Å². The molecule has 3 rings (SSSR count). The Kier molecular flexibility index (Phi) is 5.17. The van der Waals surface area contributed by atoms with E-state index >= 15 is 0 Å². The lowest BCUT2D eigenvalue weighted by atomic mass is 10.0. The zero-order valence-corrected chi connectivity index (χ0v) is 13.8. The van der Waals surface area contributed by atoms with E-state index in [1.165, 1.54) is 57.7 Å². The molecule has 0 saturated carbocycles. The summed E-state index contributed by atoms with van der Waals surface area (Å²) in [5.41, 5.74) is 1.38. The summed E-state index contributed by atoms with van der Waals surface area (Å²) in [6, 6.07) is 9.11. The molecule has 1 N–H and O–H groups in total. The monoisotopic (exact) mass is 308 g/mol. The van der Waals surface area contributed by atoms with Crippen LogP contribution in [0.5, 0.6) is 0 Å². The summed E-state index contributed by atoms with van der Waals surface area (Å²) in [6.07, 6.45) is 2.65. The lowest BCUT2D eigenvalue weighted by Crippen LogP contribution is -3.12. The summed E-state index contributed by atoms with van der Waals surface area (Å²) in [6.45, 7) is 8.72. The maximum absolute atomic E-state index is 5.95. The van der Waals surface area contributed by atoms with E-state index < -0.39 is 0 Å². The number of likely N-dealkylation sites (tertiary alicyclic amines) is 1. The van der Waals surface area contributed by atoms with Gasteiger partial charge in [-0.1, -0.05) is 23.7 Å². The first-order chi connectivity index (χ1) is 10.2. The Balaban J connectivity index is 1.45. The van der Waals surface area contributed by atoms with Crippen molar-refractivity contribution in [3.8, 4) is 0 Å². The molecule has 0 aliphatic carbocycles. The van der Waals surface area contributed by atoms with Crippen LogP contribution in [0.4, 0.5) is 0 Å². The third-order valence-electron chi connectivity index (χ3n) is 5.04. The third-order valence-corrected chi connectivity index (χ3v) is 5.30. The molecule has 2 fully saturated rings. The number of piperazine rings is 1. The molecular weight excluding hydrogens is 282 g/mol. The number of nitrogens with one attached hydrogen (secondary N) is 1. The molecule has 0 radical (unpaired) electrons. The van der Waals surface area contributed by atoms with Crippen molar-refractivity contribution >= 4 is 11.6 Å². The van der Waals surface area contributed by atoms with Crippen molar-refractivity contribution in [2.45, 2.75) is 25.4 Å². The molecule has 0 spiro atoms. The summed E-state index contributed by atoms with van der Waals surface area (Å²) in [7, 11) is 2.31. The molecule has 1 aromatic rings. The van der Waals surface area contributed by atoms with Crippen LogP contribution in [0, 0.1) is 0 Å². The minimum Gasteiger partial charge on any atom is -0.335 e. The van der Waals surface area contributed by atoms with Crippen LogP contribution in [0.1, 0.15) is 18.4 Å². The number of hydrogen-bond donors (Lipinski definition) is 1. The fourth-order valence-electron chi connectivity index (χ4n) is 3.56. The Morgan fingerprint density at radius 2 is 1.67 bits per heavy atom. The van der Waals surface area contributed by atoms with Crippen molar-refractivity contribution in [1.29, 1.82) is 0 Å². The van der Waals surface area contributed by atoms with Crippen molar-refractivity contribution < 1.29 is 4.90 Å². The lowest BCUT2D eigenvalue weighted by molar-refractivity contribution is -0.884. The average molecular weight is 309 g/mol. The smallest absolute Gasteiger partial charge is 0.0898 e. The molecule has 116 valence electrons. The number of likely N-dealkylation sites (N-methyl/N-ethyl adjacent to an activating group) is 1. The van der Waals surface area contributed by atoms with Crippen molar-refractivity contribution in [2.24, 2.45) is 0 Å². The van der Waals surface area contributed by atoms with Crippen molar-refractivity contribution in [3.05, 3.63) is 34.9 Å². The molecule has 2 saturated heterocycles. The van der Waals surface area contributed by atoms with Gasteiger partial charge in [-0.3, -0.25) is 9.80 Å². The first-order valence-electron chi connectivity index (χ1n) is 8.23. The molecule has 2 aliphatic rings. The molecule has 0 atom stereocenters. The summed E-state index contributed by atoms with van der Waals surface area (Å²) in [4.78, 5) is 7.00. The van der Waals surface area contributed by atoms with Gasteiger partial charge in [-0.25, -0.2) is 0 Å². The molecule has 4 heteroatoms. The molecule has 0 amide bonds. The van der Waals surface area contributed by atoms with E-state index in [0.29, 0.717) is 0 Å². The van der Waals surface area contributed by atoms with E-state index in [1.54, 1.807) is 4.90 Å². The minimum atomic E-state index is 0.819. The van der Waals surface area contributed by atoms with Crippen molar-refractivity contribution in [2.75, 3.05) is 46.3 Å². The van der Waals surface area contributed by atoms with Gasteiger partial charge in [0.2, 0.25) is 0 Å². The number of rotatable bonds is 3. The Hall–Kier alpha value is -0.610. The second-order valence-corrected chi connectivity index (χ2v) is 7.06. The highest BCUT2D eigenvalue weighted by Gasteiger charge is 2.27. The highest BCUT2D eigenvalue weighted by Crippen LogP contribution is 2.19. The topological polar surface area (TPSA) is 10.9 Å². The molecule has 3 nitrogen and oxygen atoms in total. The van der Waals surface area contributed by atoms with E-state index in [-0.39, 0.29) is 0 Å². The first kappa shape index (κ1) is 15.3. The molecule has 0 unspecified atom stereocenters. The van der Waals surface area contributed by atoms with E-state index in [9.17, 15) is 0 Å². The van der Waals surface area contributed by atoms with Crippen LogP contribution in [0.2, 0.25) is 5.02 Å². The number of halogens is 1. The molecule has 1 aromatic carbocycles. The summed E-state index contributed by atoms with van der Waals surface area (Å²) in [5, 5.41) is 0.828. The van der Waals surface area contributed by atoms with Crippen LogP contribution in [0.3, 0.4) is 0 Å². The van der Waals surface area contributed by atoms with Crippen molar-refractivity contribution in [1.82, 2.24) is 9.80 Å². The van der Waals surface area contributed by atoms with E-state index in [1.807, 2.05) is 12.1 Å². The number of benzene rings is 1. The van der Waals surface area contributed by atoms with Gasteiger partial charge in [0.25, 0.3) is 0 Å². The van der Waals surface area contributed by atoms with E-state index in [2.05, 4.69) is 29.0 Å². The minimum absolute atomic E-state index is 0.819.